The third-order valence-corrected chi connectivity index (χ3v) is 6.92. The second-order valence-electron chi connectivity index (χ2n) is 7.68. The fraction of sp³-hybridized carbons (Fsp3) is 0.478. The van der Waals surface area contributed by atoms with Crippen LogP contribution in [-0.2, 0) is 16.6 Å². The van der Waals surface area contributed by atoms with E-state index in [1.807, 2.05) is 12.1 Å². The average molecular weight is 556 g/mol. The molecule has 1 aliphatic heterocycles. The topological polar surface area (TPSA) is 73.9 Å². The van der Waals surface area contributed by atoms with Gasteiger partial charge in [-0.3, -0.25) is 9.62 Å². The van der Waals surface area contributed by atoms with E-state index >= 15 is 0 Å². The molecule has 7 nitrogen and oxygen atoms in total. The van der Waals surface area contributed by atoms with Gasteiger partial charge in [-0.1, -0.05) is 26.0 Å². The van der Waals surface area contributed by atoms with Crippen LogP contribution in [0.1, 0.15) is 19.4 Å². The Kier molecular flexibility index (Phi) is 15.8. The van der Waals surface area contributed by atoms with Crippen LogP contribution in [-0.4, -0.2) is 70.6 Å². The number of likely N-dealkylation sites (N-methyl/N-ethyl adjacent to an activating group) is 1. The lowest BCUT2D eigenvalue weighted by Gasteiger charge is -2.27. The van der Waals surface area contributed by atoms with Gasteiger partial charge in [0, 0.05) is 45.0 Å². The summed E-state index contributed by atoms with van der Waals surface area (Å²) in [5.74, 6) is 0.729. The van der Waals surface area contributed by atoms with Gasteiger partial charge in [-0.2, -0.15) is 0 Å². The highest BCUT2D eigenvalue weighted by Gasteiger charge is 2.15. The molecule has 0 atom stereocenters. The molecule has 3 rings (SSSR count). The van der Waals surface area contributed by atoms with E-state index in [0.29, 0.717) is 12.3 Å². The number of hydrogen-bond acceptors (Lipinski definition) is 6. The zero-order valence-corrected chi connectivity index (χ0v) is 23.0. The molecule has 1 aliphatic rings. The summed E-state index contributed by atoms with van der Waals surface area (Å²) >= 11 is 0. The van der Waals surface area contributed by atoms with E-state index in [1.54, 1.807) is 36.4 Å². The summed E-state index contributed by atoms with van der Waals surface area (Å²) in [6, 6.07) is 14.2. The number of ether oxygens (including phenoxy) is 1. The van der Waals surface area contributed by atoms with Crippen LogP contribution in [0, 0.1) is 0 Å². The number of nitrogens with one attached hydrogen (secondary N) is 2. The maximum atomic E-state index is 12.7. The first kappa shape index (κ1) is 32.7. The Hall–Kier alpha value is -1.26. The molecule has 1 heterocycles. The summed E-state index contributed by atoms with van der Waals surface area (Å²) in [5.41, 5.74) is 1.63. The monoisotopic (exact) mass is 554 g/mol. The van der Waals surface area contributed by atoms with Crippen molar-refractivity contribution >= 4 is 52.9 Å². The third kappa shape index (κ3) is 10.2. The molecule has 34 heavy (non-hydrogen) atoms. The molecule has 2 N–H and O–H groups in total. The van der Waals surface area contributed by atoms with Crippen molar-refractivity contribution < 1.29 is 13.2 Å². The van der Waals surface area contributed by atoms with Crippen LogP contribution in [0.25, 0.3) is 0 Å². The van der Waals surface area contributed by atoms with Gasteiger partial charge in [-0.15, -0.1) is 37.2 Å². The molecule has 0 aromatic heterocycles. The van der Waals surface area contributed by atoms with E-state index in [1.165, 1.54) is 0 Å². The first-order valence-electron chi connectivity index (χ1n) is 11.0. The molecular formula is C23H37Cl3N4O3S. The summed E-state index contributed by atoms with van der Waals surface area (Å²) in [6.07, 6.45) is 0. The Bertz CT molecular complexity index is 906. The van der Waals surface area contributed by atoms with Gasteiger partial charge in [0.2, 0.25) is 0 Å². The largest absolute Gasteiger partial charge is 0.492 e. The number of rotatable bonds is 11. The van der Waals surface area contributed by atoms with Gasteiger partial charge in [0.05, 0.1) is 4.90 Å². The van der Waals surface area contributed by atoms with Gasteiger partial charge in [0.25, 0.3) is 10.0 Å². The average Bonchev–Trinajstić information content (AvgIpc) is 2.79. The minimum atomic E-state index is -3.63. The molecule has 0 amide bonds. The van der Waals surface area contributed by atoms with Crippen molar-refractivity contribution in [2.24, 2.45) is 0 Å². The molecule has 0 radical (unpaired) electrons. The van der Waals surface area contributed by atoms with Crippen LogP contribution < -0.4 is 14.8 Å². The summed E-state index contributed by atoms with van der Waals surface area (Å²) in [7, 11) is -3.63. The third-order valence-electron chi connectivity index (χ3n) is 5.53. The lowest BCUT2D eigenvalue weighted by Crippen LogP contribution is -2.42. The predicted molar refractivity (Wildman–Crippen MR) is 147 cm³/mol. The number of benzene rings is 2. The number of nitrogens with zero attached hydrogens (tertiary/aromatic N) is 2. The highest BCUT2D eigenvalue weighted by atomic mass is 35.5. The molecule has 1 saturated heterocycles. The van der Waals surface area contributed by atoms with Crippen molar-refractivity contribution in [2.45, 2.75) is 25.3 Å². The minimum Gasteiger partial charge on any atom is -0.492 e. The van der Waals surface area contributed by atoms with Crippen molar-refractivity contribution in [3.05, 3.63) is 54.1 Å². The summed E-state index contributed by atoms with van der Waals surface area (Å²) in [5, 5.41) is 3.34. The van der Waals surface area contributed by atoms with Crippen molar-refractivity contribution in [2.75, 3.05) is 57.1 Å². The molecule has 0 saturated carbocycles. The molecule has 11 heteroatoms. The standard InChI is InChI=1S/C23H34N4O3S.3ClH/c1-3-26(4-2)17-18-30-22-9-7-21(8-10-22)25-31(28,29)23-11-5-20(6-12-23)19-27-15-13-24-14-16-27;;;/h5-12,24-25H,3-4,13-19H2,1-2H3;3*1H. The Morgan fingerprint density at radius 1 is 0.941 bits per heavy atom. The van der Waals surface area contributed by atoms with Crippen LogP contribution in [0.5, 0.6) is 5.75 Å². The SMILES string of the molecule is CCN(CC)CCOc1ccc(NS(=O)(=O)c2ccc(CN3CCNCC3)cc2)cc1.Cl.Cl.Cl. The second kappa shape index (κ2) is 16.4. The van der Waals surface area contributed by atoms with Crippen molar-refractivity contribution in [1.82, 2.24) is 15.1 Å². The zero-order chi connectivity index (χ0) is 22.1. The summed E-state index contributed by atoms with van der Waals surface area (Å²) in [4.78, 5) is 4.91. The number of sulfonamides is 1. The van der Waals surface area contributed by atoms with Crippen LogP contribution in [0.2, 0.25) is 0 Å². The van der Waals surface area contributed by atoms with E-state index in [0.717, 1.165) is 63.7 Å². The van der Waals surface area contributed by atoms with Crippen molar-refractivity contribution in [3.8, 4) is 5.75 Å². The van der Waals surface area contributed by atoms with Gasteiger partial charge >= 0.3 is 0 Å². The maximum Gasteiger partial charge on any atom is 0.261 e. The van der Waals surface area contributed by atoms with Crippen LogP contribution in [0.15, 0.2) is 53.4 Å². The van der Waals surface area contributed by atoms with Crippen molar-refractivity contribution in [3.63, 3.8) is 0 Å². The number of anilines is 1. The Morgan fingerprint density at radius 2 is 1.53 bits per heavy atom. The first-order valence-corrected chi connectivity index (χ1v) is 12.5. The molecule has 194 valence electrons. The quantitative estimate of drug-likeness (QED) is 0.438. The van der Waals surface area contributed by atoms with Gasteiger partial charge in [-0.25, -0.2) is 8.42 Å². The molecule has 0 bridgehead atoms. The molecule has 1 fully saturated rings. The first-order chi connectivity index (χ1) is 15.0. The zero-order valence-electron chi connectivity index (χ0n) is 19.7. The van der Waals surface area contributed by atoms with Gasteiger partial charge < -0.3 is 15.0 Å². The normalized spacial score (nSPS) is 13.9. The molecule has 2 aromatic carbocycles. The van der Waals surface area contributed by atoms with E-state index in [9.17, 15) is 8.42 Å². The maximum absolute atomic E-state index is 12.7. The fourth-order valence-corrected chi connectivity index (χ4v) is 4.63. The smallest absolute Gasteiger partial charge is 0.261 e. The number of piperazine rings is 1. The minimum absolute atomic E-state index is 0. The van der Waals surface area contributed by atoms with Crippen molar-refractivity contribution in [1.29, 1.82) is 0 Å². The second-order valence-corrected chi connectivity index (χ2v) is 9.36. The van der Waals surface area contributed by atoms with Gasteiger partial charge in [0.15, 0.2) is 0 Å². The van der Waals surface area contributed by atoms with Gasteiger partial charge in [-0.05, 0) is 55.1 Å². The highest BCUT2D eigenvalue weighted by molar-refractivity contribution is 7.92. The molecule has 0 aliphatic carbocycles. The molecule has 0 spiro atoms. The van der Waals surface area contributed by atoms with Crippen LogP contribution >= 0.6 is 37.2 Å². The van der Waals surface area contributed by atoms with Crippen LogP contribution in [0.4, 0.5) is 5.69 Å². The van der Waals surface area contributed by atoms with E-state index < -0.39 is 10.0 Å². The van der Waals surface area contributed by atoms with E-state index in [4.69, 9.17) is 4.74 Å². The Balaban J connectivity index is 0.00000363. The number of halogens is 3. The summed E-state index contributed by atoms with van der Waals surface area (Å²) < 4.78 is 33.9. The molecular weight excluding hydrogens is 519 g/mol. The Labute approximate surface area is 222 Å². The molecule has 0 unspecified atom stereocenters. The summed E-state index contributed by atoms with van der Waals surface area (Å²) in [6.45, 7) is 12.6. The number of hydrogen-bond donors (Lipinski definition) is 2. The molecule has 2 aromatic rings. The van der Waals surface area contributed by atoms with Gasteiger partial charge in [0.1, 0.15) is 12.4 Å². The van der Waals surface area contributed by atoms with E-state index in [-0.39, 0.29) is 42.1 Å². The lowest BCUT2D eigenvalue weighted by atomic mass is 10.2. The highest BCUT2D eigenvalue weighted by Crippen LogP contribution is 2.20. The van der Waals surface area contributed by atoms with E-state index in [2.05, 4.69) is 33.7 Å². The predicted octanol–water partition coefficient (Wildman–Crippen LogP) is 3.88. The van der Waals surface area contributed by atoms with Crippen LogP contribution in [0.3, 0.4) is 0 Å². The Morgan fingerprint density at radius 3 is 2.09 bits per heavy atom. The lowest BCUT2D eigenvalue weighted by molar-refractivity contribution is 0.223. The fourth-order valence-electron chi connectivity index (χ4n) is 3.57.